The zero-order valence-electron chi connectivity index (χ0n) is 20.3. The van der Waals surface area contributed by atoms with Gasteiger partial charge in [-0.05, 0) is 61.6 Å². The number of hydrogen-bond acceptors (Lipinski definition) is 5. The largest absolute Gasteiger partial charge is 0.341 e. The first-order chi connectivity index (χ1) is 17.0. The Morgan fingerprint density at radius 3 is 2.74 bits per heavy atom. The molecule has 0 spiro atoms. The SMILES string of the molecule is Cc1cc(N2CCc3cc(C(=O)NC(CC4CCCC4)C(=O)Nc4cnn(C)c4)ccc32)ccn1. The predicted molar refractivity (Wildman–Crippen MR) is 136 cm³/mol. The van der Waals surface area contributed by atoms with Gasteiger partial charge < -0.3 is 15.5 Å². The van der Waals surface area contributed by atoms with Crippen molar-refractivity contribution in [1.29, 1.82) is 0 Å². The Morgan fingerprint density at radius 2 is 2.00 bits per heavy atom. The highest BCUT2D eigenvalue weighted by Crippen LogP contribution is 2.35. The van der Waals surface area contributed by atoms with Crippen LogP contribution in [0.15, 0.2) is 48.9 Å². The highest BCUT2D eigenvalue weighted by molar-refractivity contribution is 6.01. The van der Waals surface area contributed by atoms with Crippen molar-refractivity contribution in [3.8, 4) is 0 Å². The number of fused-ring (bicyclic) bond motifs is 1. The highest BCUT2D eigenvalue weighted by Gasteiger charge is 2.28. The summed E-state index contributed by atoms with van der Waals surface area (Å²) in [6.45, 7) is 2.85. The van der Waals surface area contributed by atoms with Crippen molar-refractivity contribution in [2.75, 3.05) is 16.8 Å². The summed E-state index contributed by atoms with van der Waals surface area (Å²) in [5.41, 5.74) is 5.56. The second kappa shape index (κ2) is 9.90. The average Bonchev–Trinajstić information content (AvgIpc) is 3.59. The summed E-state index contributed by atoms with van der Waals surface area (Å²) in [6, 6.07) is 9.32. The van der Waals surface area contributed by atoms with Crippen LogP contribution in [0.3, 0.4) is 0 Å². The second-order valence-electron chi connectivity index (χ2n) is 9.70. The van der Waals surface area contributed by atoms with Crippen LogP contribution >= 0.6 is 0 Å². The van der Waals surface area contributed by atoms with Gasteiger partial charge in [0.25, 0.3) is 5.91 Å². The Hall–Kier alpha value is -3.68. The third-order valence-electron chi connectivity index (χ3n) is 7.07. The molecule has 8 nitrogen and oxygen atoms in total. The van der Waals surface area contributed by atoms with Crippen molar-refractivity contribution in [3.05, 3.63) is 65.7 Å². The lowest BCUT2D eigenvalue weighted by Crippen LogP contribution is -2.44. The van der Waals surface area contributed by atoms with Crippen molar-refractivity contribution in [3.63, 3.8) is 0 Å². The van der Waals surface area contributed by atoms with E-state index in [0.717, 1.165) is 48.4 Å². The van der Waals surface area contributed by atoms with Crippen LogP contribution < -0.4 is 15.5 Å². The Kier molecular flexibility index (Phi) is 6.53. The van der Waals surface area contributed by atoms with E-state index in [1.807, 2.05) is 37.4 Å². The Labute approximate surface area is 205 Å². The van der Waals surface area contributed by atoms with E-state index in [1.165, 1.54) is 12.8 Å². The van der Waals surface area contributed by atoms with E-state index in [2.05, 4.69) is 31.7 Å². The molecule has 3 heterocycles. The highest BCUT2D eigenvalue weighted by atomic mass is 16.2. The summed E-state index contributed by atoms with van der Waals surface area (Å²) in [6.07, 6.45) is 11.3. The number of aromatic nitrogens is 3. The zero-order chi connectivity index (χ0) is 24.4. The fourth-order valence-corrected chi connectivity index (χ4v) is 5.28. The molecule has 182 valence electrons. The van der Waals surface area contributed by atoms with Gasteiger partial charge in [0.1, 0.15) is 6.04 Å². The van der Waals surface area contributed by atoms with Crippen molar-refractivity contribution in [2.24, 2.45) is 13.0 Å². The lowest BCUT2D eigenvalue weighted by molar-refractivity contribution is -0.118. The molecule has 3 aromatic rings. The number of rotatable bonds is 7. The Bertz CT molecular complexity index is 1230. The predicted octanol–water partition coefficient (Wildman–Crippen LogP) is 4.14. The summed E-state index contributed by atoms with van der Waals surface area (Å²) < 4.78 is 1.64. The molecule has 2 amide bonds. The van der Waals surface area contributed by atoms with E-state index >= 15 is 0 Å². The number of nitrogens with one attached hydrogen (secondary N) is 2. The van der Waals surface area contributed by atoms with Crippen LogP contribution in [-0.4, -0.2) is 39.2 Å². The van der Waals surface area contributed by atoms with Crippen LogP contribution in [0.5, 0.6) is 0 Å². The maximum atomic E-state index is 13.3. The molecule has 35 heavy (non-hydrogen) atoms. The van der Waals surface area contributed by atoms with Crippen LogP contribution in [0.4, 0.5) is 17.1 Å². The number of hydrogen-bond donors (Lipinski definition) is 2. The summed E-state index contributed by atoms with van der Waals surface area (Å²) in [5.74, 6) is 0.0475. The van der Waals surface area contributed by atoms with Gasteiger partial charge >= 0.3 is 0 Å². The molecule has 1 aliphatic carbocycles. The van der Waals surface area contributed by atoms with E-state index < -0.39 is 6.04 Å². The van der Waals surface area contributed by atoms with Crippen LogP contribution in [0.2, 0.25) is 0 Å². The molecule has 0 bridgehead atoms. The minimum Gasteiger partial charge on any atom is -0.341 e. The monoisotopic (exact) mass is 472 g/mol. The quantitative estimate of drug-likeness (QED) is 0.539. The minimum absolute atomic E-state index is 0.196. The van der Waals surface area contributed by atoms with Gasteiger partial charge in [0, 0.05) is 48.6 Å². The van der Waals surface area contributed by atoms with Crippen molar-refractivity contribution in [2.45, 2.75) is 51.5 Å². The summed E-state index contributed by atoms with van der Waals surface area (Å²) in [5, 5.41) is 10.1. The van der Waals surface area contributed by atoms with Gasteiger partial charge in [-0.25, -0.2) is 0 Å². The third kappa shape index (κ3) is 5.21. The molecule has 2 aliphatic rings. The maximum Gasteiger partial charge on any atom is 0.251 e. The van der Waals surface area contributed by atoms with E-state index in [-0.39, 0.29) is 11.8 Å². The minimum atomic E-state index is -0.588. The van der Waals surface area contributed by atoms with Crippen LogP contribution in [0.25, 0.3) is 0 Å². The molecule has 1 aromatic carbocycles. The Balaban J connectivity index is 1.31. The van der Waals surface area contributed by atoms with Gasteiger partial charge in [-0.2, -0.15) is 5.10 Å². The fourth-order valence-electron chi connectivity index (χ4n) is 5.28. The molecule has 8 heteroatoms. The number of carbonyl (C=O) groups excluding carboxylic acids is 2. The van der Waals surface area contributed by atoms with Gasteiger partial charge in [-0.15, -0.1) is 0 Å². The van der Waals surface area contributed by atoms with E-state index in [4.69, 9.17) is 0 Å². The van der Waals surface area contributed by atoms with Gasteiger partial charge in [0.15, 0.2) is 0 Å². The van der Waals surface area contributed by atoms with Crippen LogP contribution in [0, 0.1) is 12.8 Å². The van der Waals surface area contributed by atoms with Crippen LogP contribution in [0.1, 0.15) is 53.7 Å². The van der Waals surface area contributed by atoms with Gasteiger partial charge in [-0.3, -0.25) is 19.3 Å². The molecule has 0 radical (unpaired) electrons. The molecule has 2 N–H and O–H groups in total. The molecule has 0 saturated heterocycles. The van der Waals surface area contributed by atoms with Crippen molar-refractivity contribution < 1.29 is 9.59 Å². The van der Waals surface area contributed by atoms with Gasteiger partial charge in [-0.1, -0.05) is 25.7 Å². The van der Waals surface area contributed by atoms with Gasteiger partial charge in [0.2, 0.25) is 5.91 Å². The number of benzene rings is 1. The van der Waals surface area contributed by atoms with Crippen molar-refractivity contribution >= 4 is 28.9 Å². The molecule has 2 aromatic heterocycles. The maximum absolute atomic E-state index is 13.3. The molecule has 5 rings (SSSR count). The molecule has 1 saturated carbocycles. The first kappa shape index (κ1) is 23.1. The summed E-state index contributed by atoms with van der Waals surface area (Å²) in [7, 11) is 1.80. The standard InChI is InChI=1S/C27H32N6O2/c1-18-13-23(9-11-28-18)33-12-10-20-15-21(7-8-25(20)33)26(34)31-24(14-19-5-3-4-6-19)27(35)30-22-16-29-32(2)17-22/h7-9,11,13,15-17,19,24H,3-6,10,12,14H2,1-2H3,(H,30,35)(H,31,34). The fraction of sp³-hybridized carbons (Fsp3) is 0.407. The molecule has 1 unspecified atom stereocenters. The molecule has 1 atom stereocenters. The topological polar surface area (TPSA) is 92.2 Å². The number of carbonyl (C=O) groups is 2. The van der Waals surface area contributed by atoms with E-state index in [0.29, 0.717) is 23.6 Å². The number of pyridine rings is 1. The first-order valence-corrected chi connectivity index (χ1v) is 12.4. The number of anilines is 3. The number of amides is 2. The number of nitrogens with zero attached hydrogens (tertiary/aromatic N) is 4. The normalized spacial score (nSPS) is 16.2. The molecular formula is C27H32N6O2. The van der Waals surface area contributed by atoms with Crippen LogP contribution in [-0.2, 0) is 18.3 Å². The van der Waals surface area contributed by atoms with Crippen molar-refractivity contribution in [1.82, 2.24) is 20.1 Å². The first-order valence-electron chi connectivity index (χ1n) is 12.4. The van der Waals surface area contributed by atoms with E-state index in [1.54, 1.807) is 24.1 Å². The smallest absolute Gasteiger partial charge is 0.251 e. The summed E-state index contributed by atoms with van der Waals surface area (Å²) >= 11 is 0. The second-order valence-corrected chi connectivity index (χ2v) is 9.70. The third-order valence-corrected chi connectivity index (χ3v) is 7.07. The number of aryl methyl sites for hydroxylation is 2. The lowest BCUT2D eigenvalue weighted by atomic mass is 9.97. The Morgan fingerprint density at radius 1 is 1.17 bits per heavy atom. The molecule has 1 fully saturated rings. The zero-order valence-corrected chi connectivity index (χ0v) is 20.3. The van der Waals surface area contributed by atoms with Gasteiger partial charge in [0.05, 0.1) is 11.9 Å². The summed E-state index contributed by atoms with van der Waals surface area (Å²) in [4.78, 5) is 32.9. The average molecular weight is 473 g/mol. The lowest BCUT2D eigenvalue weighted by Gasteiger charge is -2.22. The van der Waals surface area contributed by atoms with E-state index in [9.17, 15) is 9.59 Å². The molecule has 1 aliphatic heterocycles. The molecular weight excluding hydrogens is 440 g/mol.